The Bertz CT molecular complexity index is 856. The molecule has 11 nitrogen and oxygen atoms in total. The van der Waals surface area contributed by atoms with E-state index in [2.05, 4.69) is 15.4 Å². The van der Waals surface area contributed by atoms with Crippen molar-refractivity contribution >= 4 is 35.5 Å². The average Bonchev–Trinajstić information content (AvgIpc) is 3.21. The number of aliphatic hydroxyl groups excluding tert-OH is 2. The van der Waals surface area contributed by atoms with Crippen LogP contribution in [0.2, 0.25) is 0 Å². The van der Waals surface area contributed by atoms with Crippen molar-refractivity contribution < 1.29 is 28.9 Å². The number of alkyl halides is 2. The van der Waals surface area contributed by atoms with Gasteiger partial charge >= 0.3 is 0 Å². The van der Waals surface area contributed by atoms with Gasteiger partial charge in [0.25, 0.3) is 10.9 Å². The molecule has 3 N–H and O–H groups in total. The normalized spacial score (nSPS) is 42.1. The SMILES string of the molecule is CC(=O)N1C2N([C@@H]3O[C@H](C)C(O)C3O)C=NC2(F)C(NN2CCCCC2)=NC1(Cl)C(C)=O. The van der Waals surface area contributed by atoms with Gasteiger partial charge in [0.15, 0.2) is 24.0 Å². The molecule has 4 rings (SSSR count). The first-order valence-electron chi connectivity index (χ1n) is 10.7. The number of fused-ring (bicyclic) bond motifs is 1. The summed E-state index contributed by atoms with van der Waals surface area (Å²) in [7, 11) is 0. The second-order valence-corrected chi connectivity index (χ2v) is 9.13. The van der Waals surface area contributed by atoms with E-state index in [1.165, 1.54) is 4.90 Å². The molecular weight excluding hydrogens is 447 g/mol. The molecule has 4 aliphatic heterocycles. The van der Waals surface area contributed by atoms with E-state index in [1.54, 1.807) is 11.9 Å². The highest BCUT2D eigenvalue weighted by Crippen LogP contribution is 2.44. The summed E-state index contributed by atoms with van der Waals surface area (Å²) in [4.78, 5) is 35.4. The van der Waals surface area contributed by atoms with Crippen LogP contribution >= 0.6 is 11.6 Å². The molecule has 13 heteroatoms. The molecule has 7 atom stereocenters. The lowest BCUT2D eigenvalue weighted by Crippen LogP contribution is -2.73. The first-order chi connectivity index (χ1) is 15.0. The molecule has 0 spiro atoms. The number of hydrogen-bond donors (Lipinski definition) is 3. The Morgan fingerprint density at radius 2 is 1.91 bits per heavy atom. The number of carbonyl (C=O) groups excluding carboxylic acids is 2. The summed E-state index contributed by atoms with van der Waals surface area (Å²) < 4.78 is 22.2. The van der Waals surface area contributed by atoms with Gasteiger partial charge in [0, 0.05) is 26.9 Å². The smallest absolute Gasteiger partial charge is 0.298 e. The Kier molecular flexibility index (Phi) is 5.95. The zero-order valence-electron chi connectivity index (χ0n) is 18.1. The molecule has 0 aromatic carbocycles. The van der Waals surface area contributed by atoms with Crippen LogP contribution in [0.15, 0.2) is 9.98 Å². The Morgan fingerprint density at radius 1 is 1.25 bits per heavy atom. The van der Waals surface area contributed by atoms with E-state index < -0.39 is 53.3 Å². The lowest BCUT2D eigenvalue weighted by Gasteiger charge is -2.50. The molecule has 2 saturated heterocycles. The Hall–Kier alpha value is -1.86. The van der Waals surface area contributed by atoms with Gasteiger partial charge in [-0.3, -0.25) is 14.5 Å². The van der Waals surface area contributed by atoms with E-state index in [4.69, 9.17) is 16.3 Å². The lowest BCUT2D eigenvalue weighted by atomic mass is 10.0. The highest BCUT2D eigenvalue weighted by Gasteiger charge is 2.66. The second kappa shape index (κ2) is 8.17. The van der Waals surface area contributed by atoms with Crippen LogP contribution in [0.1, 0.15) is 40.0 Å². The number of rotatable bonds is 3. The Labute approximate surface area is 189 Å². The van der Waals surface area contributed by atoms with Gasteiger partial charge in [-0.25, -0.2) is 19.4 Å². The monoisotopic (exact) mass is 474 g/mol. The van der Waals surface area contributed by atoms with Gasteiger partial charge < -0.3 is 25.3 Å². The van der Waals surface area contributed by atoms with Crippen molar-refractivity contribution in [2.75, 3.05) is 13.1 Å². The van der Waals surface area contributed by atoms with E-state index in [1.807, 2.05) is 0 Å². The highest BCUT2D eigenvalue weighted by atomic mass is 35.5. The minimum Gasteiger partial charge on any atom is -0.388 e. The maximum absolute atomic E-state index is 16.6. The number of amides is 1. The largest absolute Gasteiger partial charge is 0.388 e. The molecular formula is C19H28ClFN6O5. The molecule has 4 heterocycles. The predicted octanol–water partition coefficient (Wildman–Crippen LogP) is -0.478. The number of piperidine rings is 1. The summed E-state index contributed by atoms with van der Waals surface area (Å²) in [6.45, 7) is 5.11. The van der Waals surface area contributed by atoms with Crippen molar-refractivity contribution in [2.45, 2.75) is 81.7 Å². The van der Waals surface area contributed by atoms with Crippen molar-refractivity contribution in [3.05, 3.63) is 0 Å². The van der Waals surface area contributed by atoms with Crippen molar-refractivity contribution in [1.29, 1.82) is 0 Å². The number of halogens is 2. The standard InChI is InChI=1S/C19H28ClFN6O5/c1-10-13(30)14(31)15(32-10)26-9-22-18(21)16(24-25-7-5-4-6-8-25)23-19(20,11(2)28)27(12(3)29)17(18)26/h9-10,13-15,17,30-31H,4-8H2,1-3H3,(H,23,24)/t10-,13?,14?,15-,17?,18?,19?/m1/s1. The van der Waals surface area contributed by atoms with Gasteiger partial charge in [-0.05, 0) is 19.8 Å². The van der Waals surface area contributed by atoms with Crippen molar-refractivity contribution in [1.82, 2.24) is 20.2 Å². The minimum atomic E-state index is -2.61. The number of hydrazine groups is 1. The number of carbonyl (C=O) groups is 2. The number of ketones is 1. The van der Waals surface area contributed by atoms with E-state index in [0.29, 0.717) is 13.1 Å². The third kappa shape index (κ3) is 3.48. The van der Waals surface area contributed by atoms with Crippen LogP contribution in [-0.2, 0) is 14.3 Å². The maximum Gasteiger partial charge on any atom is 0.298 e. The molecule has 1 amide bonds. The van der Waals surface area contributed by atoms with E-state index >= 15 is 4.39 Å². The summed E-state index contributed by atoms with van der Waals surface area (Å²) >= 11 is 6.59. The number of aliphatic hydroxyl groups is 2. The van der Waals surface area contributed by atoms with Crippen LogP contribution in [0, 0.1) is 0 Å². The fourth-order valence-corrected chi connectivity index (χ4v) is 4.87. The molecule has 5 unspecified atom stereocenters. The van der Waals surface area contributed by atoms with Crippen molar-refractivity contribution in [2.24, 2.45) is 9.98 Å². The number of hydrogen-bond acceptors (Lipinski definition) is 10. The molecule has 2 fully saturated rings. The number of ether oxygens (including phenoxy) is 1. The van der Waals surface area contributed by atoms with Crippen LogP contribution in [-0.4, -0.2) is 104 Å². The van der Waals surface area contributed by atoms with E-state index in [9.17, 15) is 19.8 Å². The number of nitrogens with one attached hydrogen (secondary N) is 1. The second-order valence-electron chi connectivity index (χ2n) is 8.60. The third-order valence-electron chi connectivity index (χ3n) is 6.34. The molecule has 0 aromatic rings. The van der Waals surface area contributed by atoms with Gasteiger partial charge in [-0.2, -0.15) is 0 Å². The fourth-order valence-electron chi connectivity index (χ4n) is 4.58. The van der Waals surface area contributed by atoms with Crippen LogP contribution < -0.4 is 5.43 Å². The molecule has 32 heavy (non-hydrogen) atoms. The van der Waals surface area contributed by atoms with Gasteiger partial charge in [0.05, 0.1) is 12.4 Å². The molecule has 0 aromatic heterocycles. The van der Waals surface area contributed by atoms with Crippen LogP contribution in [0.3, 0.4) is 0 Å². The number of aliphatic imine (C=N–C) groups is 2. The van der Waals surface area contributed by atoms with Crippen molar-refractivity contribution in [3.8, 4) is 0 Å². The number of Topliss-reactive ketones (excluding diaryl/α,β-unsaturated/α-hetero) is 1. The quantitative estimate of drug-likeness (QED) is 0.369. The molecule has 178 valence electrons. The summed E-state index contributed by atoms with van der Waals surface area (Å²) in [5, 5.41) is 20.2. The summed E-state index contributed by atoms with van der Waals surface area (Å²) in [6, 6.07) is 0. The highest BCUT2D eigenvalue weighted by molar-refractivity contribution is 6.36. The molecule has 0 bridgehead atoms. The Balaban J connectivity index is 1.78. The summed E-state index contributed by atoms with van der Waals surface area (Å²) in [5.74, 6) is -4.34. The van der Waals surface area contributed by atoms with Crippen LogP contribution in [0.4, 0.5) is 4.39 Å². The first kappa shape index (κ1) is 23.3. The summed E-state index contributed by atoms with van der Waals surface area (Å²) in [5.41, 5.74) is 2.92. The number of amidine groups is 1. The molecule has 0 radical (unpaired) electrons. The van der Waals surface area contributed by atoms with E-state index in [-0.39, 0.29) is 5.84 Å². The van der Waals surface area contributed by atoms with Gasteiger partial charge in [0.1, 0.15) is 12.2 Å². The number of nitrogens with zero attached hydrogens (tertiary/aromatic N) is 5. The lowest BCUT2D eigenvalue weighted by molar-refractivity contribution is -0.162. The van der Waals surface area contributed by atoms with Gasteiger partial charge in [-0.1, -0.05) is 18.0 Å². The predicted molar refractivity (Wildman–Crippen MR) is 112 cm³/mol. The Morgan fingerprint density at radius 3 is 2.44 bits per heavy atom. The van der Waals surface area contributed by atoms with Gasteiger partial charge in [0.2, 0.25) is 5.91 Å². The maximum atomic E-state index is 16.6. The van der Waals surface area contributed by atoms with E-state index in [0.717, 1.165) is 44.3 Å². The van der Waals surface area contributed by atoms with Crippen LogP contribution in [0.25, 0.3) is 0 Å². The molecule has 4 aliphatic rings. The first-order valence-corrected chi connectivity index (χ1v) is 11.0. The third-order valence-corrected chi connectivity index (χ3v) is 6.87. The zero-order chi connectivity index (χ0) is 23.4. The fraction of sp³-hybridized carbons (Fsp3) is 0.789. The van der Waals surface area contributed by atoms with Gasteiger partial charge in [-0.15, -0.1) is 0 Å². The minimum absolute atomic E-state index is 0.313. The summed E-state index contributed by atoms with van der Waals surface area (Å²) in [6.07, 6.45) is -2.27. The zero-order valence-corrected chi connectivity index (χ0v) is 18.9. The van der Waals surface area contributed by atoms with Crippen LogP contribution in [0.5, 0.6) is 0 Å². The molecule has 0 aliphatic carbocycles. The topological polar surface area (TPSA) is 130 Å². The molecule has 0 saturated carbocycles. The van der Waals surface area contributed by atoms with Crippen molar-refractivity contribution in [3.63, 3.8) is 0 Å². The average molecular weight is 475 g/mol.